The van der Waals surface area contributed by atoms with Crippen LogP contribution >= 0.6 is 0 Å². The fourth-order valence-electron chi connectivity index (χ4n) is 8.07. The fourth-order valence-corrected chi connectivity index (χ4v) is 8.07. The quantitative estimate of drug-likeness (QED) is 0.169. The Morgan fingerprint density at radius 1 is 0.534 bits per heavy atom. The number of nitrogens with zero attached hydrogens (tertiary/aromatic N) is 10. The lowest BCUT2D eigenvalue weighted by molar-refractivity contribution is 0.477. The lowest BCUT2D eigenvalue weighted by Gasteiger charge is -2.10. The van der Waals surface area contributed by atoms with Crippen molar-refractivity contribution in [1.29, 1.82) is 0 Å². The van der Waals surface area contributed by atoms with Gasteiger partial charge in [-0.1, -0.05) is 70.9 Å². The summed E-state index contributed by atoms with van der Waals surface area (Å²) in [5.41, 5.74) is 5.48. The summed E-state index contributed by atoms with van der Waals surface area (Å²) in [7, 11) is 0. The number of rotatable bonds is 5. The second kappa shape index (κ2) is 11.7. The van der Waals surface area contributed by atoms with E-state index in [2.05, 4.69) is 30.7 Å². The number of aromatic hydroxyl groups is 1. The molecule has 0 spiro atoms. The molecule has 14 nitrogen and oxygen atoms in total. The van der Waals surface area contributed by atoms with Crippen molar-refractivity contribution in [2.75, 3.05) is 0 Å². The van der Waals surface area contributed by atoms with Gasteiger partial charge in [0.1, 0.15) is 22.7 Å². The van der Waals surface area contributed by atoms with E-state index in [1.165, 1.54) is 6.07 Å². The monoisotopic (exact) mass is 754 g/mol. The van der Waals surface area contributed by atoms with Gasteiger partial charge >= 0.3 is 6.01 Å². The third-order valence-electron chi connectivity index (χ3n) is 10.6. The Hall–Kier alpha value is -8.52. The maximum Gasteiger partial charge on any atom is 0.361 e. The van der Waals surface area contributed by atoms with Crippen molar-refractivity contribution in [3.63, 3.8) is 0 Å². The number of hydrogen-bond acceptors (Lipinski definition) is 12. The first kappa shape index (κ1) is 31.8. The Labute approximate surface area is 323 Å². The topological polar surface area (TPSA) is 177 Å². The molecule has 0 radical (unpaired) electrons. The van der Waals surface area contributed by atoms with Gasteiger partial charge in [0.15, 0.2) is 0 Å². The van der Waals surface area contributed by atoms with E-state index < -0.39 is 0 Å². The second-order valence-electron chi connectivity index (χ2n) is 13.8. The van der Waals surface area contributed by atoms with Crippen molar-refractivity contribution in [3.05, 3.63) is 148 Å². The maximum atomic E-state index is 13.7. The molecule has 12 aromatic rings. The summed E-state index contributed by atoms with van der Waals surface area (Å²) in [5, 5.41) is 42.1. The summed E-state index contributed by atoms with van der Waals surface area (Å²) < 4.78 is 9.08. The van der Waals surface area contributed by atoms with E-state index in [9.17, 15) is 14.7 Å². The summed E-state index contributed by atoms with van der Waals surface area (Å²) in [5.74, 6) is 0.0476. The van der Waals surface area contributed by atoms with Gasteiger partial charge in [-0.15, -0.1) is 15.3 Å². The number of hydrogen-bond donors (Lipinski definition) is 1. The largest absolute Gasteiger partial charge is 0.506 e. The molecule has 0 bridgehead atoms. The fraction of sp³-hybridized carbons (Fsp3) is 0. The van der Waals surface area contributed by atoms with Crippen LogP contribution < -0.4 is 11.1 Å². The molecule has 272 valence electrons. The van der Waals surface area contributed by atoms with Gasteiger partial charge in [-0.3, -0.25) is 18.4 Å². The number of aromatic nitrogens is 6. The molecule has 7 aromatic carbocycles. The minimum absolute atomic E-state index is 0.0514. The Balaban J connectivity index is 0.844. The molecule has 0 saturated carbocycles. The molecule has 12 rings (SSSR count). The first-order chi connectivity index (χ1) is 28.5. The van der Waals surface area contributed by atoms with Gasteiger partial charge in [0.25, 0.3) is 11.1 Å². The number of azo groups is 2. The van der Waals surface area contributed by atoms with E-state index in [-0.39, 0.29) is 34.5 Å². The molecule has 14 heteroatoms. The zero-order valence-corrected chi connectivity index (χ0v) is 29.8. The van der Waals surface area contributed by atoms with Crippen molar-refractivity contribution in [2.24, 2.45) is 20.5 Å². The molecule has 0 saturated heterocycles. The third-order valence-corrected chi connectivity index (χ3v) is 10.6. The number of benzene rings is 7. The van der Waals surface area contributed by atoms with Gasteiger partial charge in [-0.25, -0.2) is 9.97 Å². The minimum Gasteiger partial charge on any atom is -0.506 e. The lowest BCUT2D eigenvalue weighted by Crippen LogP contribution is -2.13. The van der Waals surface area contributed by atoms with E-state index in [1.807, 2.05) is 78.9 Å². The number of pyridine rings is 2. The van der Waals surface area contributed by atoms with Crippen molar-refractivity contribution in [3.8, 4) is 17.2 Å². The average molecular weight is 755 g/mol. The Morgan fingerprint density at radius 3 is 1.86 bits per heavy atom. The van der Waals surface area contributed by atoms with E-state index in [0.717, 1.165) is 32.6 Å². The molecule has 5 aromatic heterocycles. The highest BCUT2D eigenvalue weighted by Gasteiger charge is 2.21. The van der Waals surface area contributed by atoms with Crippen LogP contribution in [0.15, 0.2) is 162 Å². The zero-order valence-electron chi connectivity index (χ0n) is 29.8. The molecule has 58 heavy (non-hydrogen) atoms. The van der Waals surface area contributed by atoms with E-state index in [1.54, 1.807) is 51.3 Å². The molecule has 0 amide bonds. The van der Waals surface area contributed by atoms with Gasteiger partial charge in [0.05, 0.1) is 38.8 Å². The number of fused-ring (bicyclic) bond motifs is 8. The van der Waals surface area contributed by atoms with Crippen LogP contribution in [0.2, 0.25) is 0 Å². The van der Waals surface area contributed by atoms with Crippen molar-refractivity contribution >= 4 is 99.5 Å². The molecular weight excluding hydrogens is 733 g/mol. The predicted octanol–water partition coefficient (Wildman–Crippen LogP) is 10.1. The van der Waals surface area contributed by atoms with Crippen LogP contribution in [-0.2, 0) is 0 Å². The molecule has 0 aliphatic rings. The van der Waals surface area contributed by atoms with Crippen LogP contribution in [0.4, 0.5) is 23.1 Å². The highest BCUT2D eigenvalue weighted by atomic mass is 16.4. The van der Waals surface area contributed by atoms with Crippen LogP contribution in [0.1, 0.15) is 0 Å². The number of phenols is 1. The summed E-state index contributed by atoms with van der Waals surface area (Å²) in [6.07, 6.45) is 0. The maximum absolute atomic E-state index is 13.7. The van der Waals surface area contributed by atoms with Crippen LogP contribution in [0.3, 0.4) is 0 Å². The van der Waals surface area contributed by atoms with Gasteiger partial charge < -0.3 is 9.52 Å². The molecule has 5 heterocycles. The van der Waals surface area contributed by atoms with Gasteiger partial charge in [0.2, 0.25) is 5.89 Å². The molecule has 0 unspecified atom stereocenters. The highest BCUT2D eigenvalue weighted by molar-refractivity contribution is 6.20. The van der Waals surface area contributed by atoms with Gasteiger partial charge in [-0.05, 0) is 66.7 Å². The predicted molar refractivity (Wildman–Crippen MR) is 220 cm³/mol. The molecule has 0 aliphatic heterocycles. The number of phenolic OH excluding ortho intramolecular Hbond substituents is 1. The minimum atomic E-state index is -0.273. The van der Waals surface area contributed by atoms with E-state index >= 15 is 0 Å². The summed E-state index contributed by atoms with van der Waals surface area (Å²) in [6.45, 7) is 0. The van der Waals surface area contributed by atoms with E-state index in [0.29, 0.717) is 60.8 Å². The van der Waals surface area contributed by atoms with Crippen molar-refractivity contribution in [1.82, 2.24) is 29.0 Å². The van der Waals surface area contributed by atoms with Gasteiger partial charge in [-0.2, -0.15) is 5.11 Å². The molecule has 0 fully saturated rings. The van der Waals surface area contributed by atoms with Crippen LogP contribution in [0.25, 0.3) is 87.9 Å². The number of para-hydroxylation sites is 4. The summed E-state index contributed by atoms with van der Waals surface area (Å²) in [4.78, 5) is 36.9. The van der Waals surface area contributed by atoms with Crippen LogP contribution in [0, 0.1) is 0 Å². The van der Waals surface area contributed by atoms with Crippen molar-refractivity contribution in [2.45, 2.75) is 0 Å². The van der Waals surface area contributed by atoms with E-state index in [4.69, 9.17) is 14.4 Å². The molecule has 0 atom stereocenters. The van der Waals surface area contributed by atoms with Crippen molar-refractivity contribution < 1.29 is 9.52 Å². The Morgan fingerprint density at radius 2 is 1.16 bits per heavy atom. The smallest absolute Gasteiger partial charge is 0.361 e. The SMILES string of the molecule is O=c1c2ccc(N=Nc3nnc(-c4ccc(N=Nc5c(O)cc6c(=O)n7c8ccccc8nc7c7cccc5c67)cc4)o3)c3cccc(c32)c2nc3ccccc3n12. The lowest BCUT2D eigenvalue weighted by atomic mass is 10.0. The Bertz CT molecular complexity index is 3870. The van der Waals surface area contributed by atoms with Crippen LogP contribution in [0.5, 0.6) is 5.75 Å². The molecular formula is C44H22N10O4. The zero-order chi connectivity index (χ0) is 38.6. The first-order valence-corrected chi connectivity index (χ1v) is 18.2. The summed E-state index contributed by atoms with van der Waals surface area (Å²) >= 11 is 0. The number of imidazole rings is 2. The highest BCUT2D eigenvalue weighted by Crippen LogP contribution is 2.42. The summed E-state index contributed by atoms with van der Waals surface area (Å²) in [6, 6.07) is 38.2. The van der Waals surface area contributed by atoms with Gasteiger partial charge in [0, 0.05) is 43.3 Å². The average Bonchev–Trinajstić information content (AvgIpc) is 4.00. The standard InChI is InChI=1S/C44H22N10O4/c55-35-21-29-37-25(8-6-10-27(37)40-46-32-12-2-4-14-34(32)54(40)43(29)57)38(35)49-47-23-17-15-22(16-18-23)41-50-52-44(58-41)51-48-30-20-19-28-36-24(30)7-5-9-26(36)39-45-31-11-1-3-13-33(31)53(39)42(28)56/h1-21,55H. The Kier molecular flexibility index (Phi) is 6.44. The first-order valence-electron chi connectivity index (χ1n) is 18.2. The third kappa shape index (κ3) is 4.47. The normalized spacial score (nSPS) is 12.6. The molecule has 0 aliphatic carbocycles. The van der Waals surface area contributed by atoms with Crippen LogP contribution in [-0.4, -0.2) is 34.1 Å². The molecule has 1 N–H and O–H groups in total. The second-order valence-corrected chi connectivity index (χ2v) is 13.8.